The molecule has 0 aliphatic heterocycles. The van der Waals surface area contributed by atoms with E-state index in [2.05, 4.69) is 10.1 Å². The molecule has 0 spiro atoms. The van der Waals surface area contributed by atoms with Crippen LogP contribution in [0, 0.1) is 6.92 Å². The van der Waals surface area contributed by atoms with Gasteiger partial charge in [-0.3, -0.25) is 9.59 Å². The molecule has 1 heterocycles. The molecule has 2 amide bonds. The molecule has 1 aromatic heterocycles. The van der Waals surface area contributed by atoms with Crippen molar-refractivity contribution in [2.45, 2.75) is 26.3 Å². The Morgan fingerprint density at radius 3 is 2.45 bits per heavy atom. The van der Waals surface area contributed by atoms with Crippen molar-refractivity contribution in [1.29, 1.82) is 0 Å². The van der Waals surface area contributed by atoms with Crippen molar-refractivity contribution in [3.8, 4) is 5.75 Å². The second-order valence-corrected chi connectivity index (χ2v) is 7.17. The smallest absolute Gasteiger partial charge is 0.405 e. The summed E-state index contributed by atoms with van der Waals surface area (Å²) < 4.78 is 47.3. The number of rotatable bonds is 8. The summed E-state index contributed by atoms with van der Waals surface area (Å²) in [7, 11) is 1.60. The number of benzene rings is 2. The number of nitrogens with one attached hydrogen (secondary N) is 1. The Labute approximate surface area is 187 Å². The molecule has 8 nitrogen and oxygen atoms in total. The monoisotopic (exact) mass is 462 g/mol. The Balaban J connectivity index is 1.62. The largest absolute Gasteiger partial charge is 0.485 e. The van der Waals surface area contributed by atoms with Crippen molar-refractivity contribution in [2.75, 3.05) is 13.6 Å². The number of aryl methyl sites for hydroxylation is 1. The van der Waals surface area contributed by atoms with Gasteiger partial charge in [0.1, 0.15) is 12.3 Å². The first-order valence-electron chi connectivity index (χ1n) is 9.83. The van der Waals surface area contributed by atoms with Crippen LogP contribution in [0.5, 0.6) is 5.75 Å². The van der Waals surface area contributed by atoms with Crippen LogP contribution in [-0.2, 0) is 13.2 Å². The predicted octanol–water partition coefficient (Wildman–Crippen LogP) is 3.52. The van der Waals surface area contributed by atoms with Gasteiger partial charge < -0.3 is 19.5 Å². The average molecular weight is 462 g/mol. The van der Waals surface area contributed by atoms with E-state index in [-0.39, 0.29) is 24.6 Å². The average Bonchev–Trinajstić information content (AvgIpc) is 3.20. The lowest BCUT2D eigenvalue weighted by atomic mass is 10.1. The maximum Gasteiger partial charge on any atom is 0.405 e. The number of hydrogen-bond acceptors (Lipinski definition) is 6. The van der Waals surface area contributed by atoms with Crippen molar-refractivity contribution >= 4 is 11.8 Å². The fraction of sp³-hybridized carbons (Fsp3) is 0.273. The fourth-order valence-corrected chi connectivity index (χ4v) is 2.91. The van der Waals surface area contributed by atoms with E-state index in [0.29, 0.717) is 28.6 Å². The van der Waals surface area contributed by atoms with Gasteiger partial charge in [0.15, 0.2) is 6.61 Å². The van der Waals surface area contributed by atoms with Crippen LogP contribution in [0.2, 0.25) is 0 Å². The summed E-state index contributed by atoms with van der Waals surface area (Å²) in [5, 5.41) is 5.56. The Kier molecular flexibility index (Phi) is 7.31. The third-order valence-corrected chi connectivity index (χ3v) is 4.48. The van der Waals surface area contributed by atoms with Crippen molar-refractivity contribution in [2.24, 2.45) is 0 Å². The number of amides is 2. The zero-order valence-corrected chi connectivity index (χ0v) is 17.8. The van der Waals surface area contributed by atoms with Crippen LogP contribution >= 0.6 is 0 Å². The van der Waals surface area contributed by atoms with Gasteiger partial charge in [-0.15, -0.1) is 0 Å². The van der Waals surface area contributed by atoms with Crippen molar-refractivity contribution in [3.05, 3.63) is 76.9 Å². The van der Waals surface area contributed by atoms with Crippen molar-refractivity contribution in [1.82, 2.24) is 20.4 Å². The molecule has 0 radical (unpaired) electrons. The highest BCUT2D eigenvalue weighted by Crippen LogP contribution is 2.21. The maximum absolute atomic E-state index is 13.0. The Hall–Kier alpha value is -3.89. The molecule has 0 atom stereocenters. The Morgan fingerprint density at radius 1 is 1.12 bits per heavy atom. The third kappa shape index (κ3) is 6.79. The van der Waals surface area contributed by atoms with E-state index in [4.69, 9.17) is 9.26 Å². The molecule has 0 fully saturated rings. The van der Waals surface area contributed by atoms with E-state index in [1.165, 1.54) is 17.0 Å². The molecule has 0 saturated heterocycles. The summed E-state index contributed by atoms with van der Waals surface area (Å²) in [6.07, 6.45) is -4.48. The zero-order chi connectivity index (χ0) is 24.0. The second kappa shape index (κ2) is 10.2. The highest BCUT2D eigenvalue weighted by atomic mass is 19.4. The van der Waals surface area contributed by atoms with E-state index in [9.17, 15) is 22.8 Å². The summed E-state index contributed by atoms with van der Waals surface area (Å²) in [5.74, 6) is -0.0226. The summed E-state index contributed by atoms with van der Waals surface area (Å²) >= 11 is 0. The van der Waals surface area contributed by atoms with E-state index in [1.54, 1.807) is 50.4 Å². The van der Waals surface area contributed by atoms with Crippen molar-refractivity contribution in [3.63, 3.8) is 0 Å². The van der Waals surface area contributed by atoms with Gasteiger partial charge >= 0.3 is 6.18 Å². The maximum atomic E-state index is 13.0. The number of hydrogen-bond donors (Lipinski definition) is 1. The molecule has 0 saturated carbocycles. The minimum absolute atomic E-state index is 0.0310. The van der Waals surface area contributed by atoms with Crippen LogP contribution in [0.4, 0.5) is 13.2 Å². The first-order valence-corrected chi connectivity index (χ1v) is 9.83. The van der Waals surface area contributed by atoms with E-state index >= 15 is 0 Å². The molecule has 0 bridgehead atoms. The van der Waals surface area contributed by atoms with Gasteiger partial charge in [0.2, 0.25) is 11.7 Å². The minimum Gasteiger partial charge on any atom is -0.485 e. The summed E-state index contributed by atoms with van der Waals surface area (Å²) in [5.41, 5.74) is 1.12. The SMILES string of the molecule is Cc1nc(COc2ccccc2C(=O)N(C)Cc2ccc(C(=O)NCC(F)(F)F)cc2)no1. The molecular weight excluding hydrogens is 441 g/mol. The highest BCUT2D eigenvalue weighted by molar-refractivity contribution is 5.97. The molecule has 0 unspecified atom stereocenters. The first-order chi connectivity index (χ1) is 15.6. The molecule has 3 rings (SSSR count). The summed E-state index contributed by atoms with van der Waals surface area (Å²) in [6, 6.07) is 12.7. The van der Waals surface area contributed by atoms with Gasteiger partial charge in [0.25, 0.3) is 11.8 Å². The van der Waals surface area contributed by atoms with Crippen LogP contribution in [-0.4, -0.2) is 46.6 Å². The standard InChI is InChI=1S/C22H21F3N4O4/c1-14-27-19(28-33-14)12-32-18-6-4-3-5-17(18)21(31)29(2)11-15-7-9-16(10-8-15)20(30)26-13-22(23,24)25/h3-10H,11-13H2,1-2H3,(H,26,30). The second-order valence-electron chi connectivity index (χ2n) is 7.17. The number of alkyl halides is 3. The lowest BCUT2D eigenvalue weighted by molar-refractivity contribution is -0.123. The van der Waals surface area contributed by atoms with Crippen molar-refractivity contribution < 1.29 is 32.0 Å². The predicted molar refractivity (Wildman–Crippen MR) is 110 cm³/mol. The molecule has 174 valence electrons. The molecule has 0 aliphatic carbocycles. The number of ether oxygens (including phenoxy) is 1. The molecule has 0 aliphatic rings. The molecule has 1 N–H and O–H groups in total. The Morgan fingerprint density at radius 2 is 1.82 bits per heavy atom. The Bertz CT molecular complexity index is 1110. The minimum atomic E-state index is -4.48. The lowest BCUT2D eigenvalue weighted by Gasteiger charge is -2.19. The summed E-state index contributed by atoms with van der Waals surface area (Å²) in [4.78, 5) is 30.3. The van der Waals surface area contributed by atoms with Gasteiger partial charge in [0, 0.05) is 26.1 Å². The van der Waals surface area contributed by atoms with Gasteiger partial charge in [-0.25, -0.2) is 0 Å². The van der Waals surface area contributed by atoms with Crippen LogP contribution in [0.1, 0.15) is 38.0 Å². The molecule has 2 aromatic carbocycles. The number of para-hydroxylation sites is 1. The van der Waals surface area contributed by atoms with Gasteiger partial charge in [-0.2, -0.15) is 18.2 Å². The summed E-state index contributed by atoms with van der Waals surface area (Å²) in [6.45, 7) is 0.494. The molecular formula is C22H21F3N4O4. The number of halogens is 3. The van der Waals surface area contributed by atoms with Crippen LogP contribution < -0.4 is 10.1 Å². The van der Waals surface area contributed by atoms with Gasteiger partial charge in [-0.05, 0) is 29.8 Å². The van der Waals surface area contributed by atoms with Gasteiger partial charge in [0.05, 0.1) is 5.56 Å². The topological polar surface area (TPSA) is 97.6 Å². The highest BCUT2D eigenvalue weighted by Gasteiger charge is 2.27. The van der Waals surface area contributed by atoms with E-state index in [0.717, 1.165) is 0 Å². The van der Waals surface area contributed by atoms with Crippen LogP contribution in [0.25, 0.3) is 0 Å². The van der Waals surface area contributed by atoms with Gasteiger partial charge in [-0.1, -0.05) is 29.4 Å². The number of carbonyl (C=O) groups is 2. The molecule has 3 aromatic rings. The van der Waals surface area contributed by atoms with E-state index in [1.807, 2.05) is 5.32 Å². The molecule has 33 heavy (non-hydrogen) atoms. The normalized spacial score (nSPS) is 11.2. The van der Waals surface area contributed by atoms with Crippen LogP contribution in [0.3, 0.4) is 0 Å². The quantitative estimate of drug-likeness (QED) is 0.550. The van der Waals surface area contributed by atoms with Crippen LogP contribution in [0.15, 0.2) is 53.1 Å². The first kappa shape index (κ1) is 23.8. The number of carbonyl (C=O) groups excluding carboxylic acids is 2. The lowest BCUT2D eigenvalue weighted by Crippen LogP contribution is -2.33. The number of nitrogens with zero attached hydrogens (tertiary/aromatic N) is 3. The van der Waals surface area contributed by atoms with E-state index < -0.39 is 18.6 Å². The molecule has 11 heteroatoms. The third-order valence-electron chi connectivity index (χ3n) is 4.48. The number of aromatic nitrogens is 2. The zero-order valence-electron chi connectivity index (χ0n) is 17.8. The fourth-order valence-electron chi connectivity index (χ4n) is 2.91.